The van der Waals surface area contributed by atoms with Crippen molar-refractivity contribution in [1.29, 1.82) is 0 Å². The number of aryl methyl sites for hydroxylation is 1. The molecule has 0 spiro atoms. The fourth-order valence-electron chi connectivity index (χ4n) is 3.16. The summed E-state index contributed by atoms with van der Waals surface area (Å²) in [4.78, 5) is 12.3. The number of carbonyl (C=O) groups excluding carboxylic acids is 1. The van der Waals surface area contributed by atoms with Gasteiger partial charge in [0.05, 0.1) is 22.4 Å². The molecule has 3 rings (SSSR count). The Bertz CT molecular complexity index is 1530. The van der Waals surface area contributed by atoms with Crippen LogP contribution in [0.3, 0.4) is 0 Å². The first-order chi connectivity index (χ1) is 17.1. The quantitative estimate of drug-likeness (QED) is 0.398. The highest BCUT2D eigenvalue weighted by Gasteiger charge is 2.30. The molecule has 0 atom stereocenters. The highest BCUT2D eigenvalue weighted by atomic mass is 35.5. The second-order valence-corrected chi connectivity index (χ2v) is 12.0. The van der Waals surface area contributed by atoms with E-state index in [1.54, 1.807) is 13.0 Å². The van der Waals surface area contributed by atoms with Gasteiger partial charge in [-0.05, 0) is 67.1 Å². The number of hydrogen-bond acceptors (Lipinski definition) is 5. The van der Waals surface area contributed by atoms with Crippen molar-refractivity contribution < 1.29 is 34.8 Å². The van der Waals surface area contributed by atoms with E-state index < -0.39 is 44.2 Å². The summed E-state index contributed by atoms with van der Waals surface area (Å²) < 4.78 is 91.3. The van der Waals surface area contributed by atoms with Gasteiger partial charge in [0.15, 0.2) is 0 Å². The van der Waals surface area contributed by atoms with Gasteiger partial charge >= 0.3 is 6.18 Å². The Morgan fingerprint density at radius 1 is 0.946 bits per heavy atom. The predicted octanol–water partition coefficient (Wildman–Crippen LogP) is 4.87. The van der Waals surface area contributed by atoms with E-state index in [0.29, 0.717) is 11.1 Å². The van der Waals surface area contributed by atoms with E-state index in [1.165, 1.54) is 30.3 Å². The molecule has 0 aromatic heterocycles. The van der Waals surface area contributed by atoms with Gasteiger partial charge < -0.3 is 5.32 Å². The maximum atomic E-state index is 12.9. The number of carbonyl (C=O) groups is 1. The number of benzene rings is 3. The van der Waals surface area contributed by atoms with Crippen LogP contribution in [0.2, 0.25) is 5.02 Å². The fraction of sp³-hybridized carbons (Fsp3) is 0.174. The molecule has 0 bridgehead atoms. The van der Waals surface area contributed by atoms with Crippen molar-refractivity contribution in [1.82, 2.24) is 0 Å². The van der Waals surface area contributed by atoms with Crippen molar-refractivity contribution in [2.75, 3.05) is 27.1 Å². The molecule has 1 amide bonds. The molecule has 3 aromatic rings. The Labute approximate surface area is 217 Å². The van der Waals surface area contributed by atoms with Crippen molar-refractivity contribution in [2.45, 2.75) is 18.0 Å². The van der Waals surface area contributed by atoms with Crippen LogP contribution in [0.5, 0.6) is 0 Å². The number of nitrogens with zero attached hydrogens (tertiary/aromatic N) is 1. The number of hydrogen-bond donors (Lipinski definition) is 2. The van der Waals surface area contributed by atoms with Crippen molar-refractivity contribution in [3.05, 3.63) is 82.9 Å². The molecule has 198 valence electrons. The summed E-state index contributed by atoms with van der Waals surface area (Å²) in [7, 11) is -8.08. The Hall–Kier alpha value is -3.29. The van der Waals surface area contributed by atoms with Crippen molar-refractivity contribution >= 4 is 54.6 Å². The van der Waals surface area contributed by atoms with E-state index in [-0.39, 0.29) is 22.0 Å². The molecule has 0 heterocycles. The molecule has 0 aliphatic carbocycles. The fourth-order valence-corrected chi connectivity index (χ4v) is 5.23. The van der Waals surface area contributed by atoms with Crippen molar-refractivity contribution in [3.63, 3.8) is 0 Å². The maximum Gasteiger partial charge on any atom is 0.416 e. The third kappa shape index (κ3) is 7.37. The van der Waals surface area contributed by atoms with E-state index >= 15 is 0 Å². The minimum atomic E-state index is -4.64. The zero-order valence-electron chi connectivity index (χ0n) is 19.4. The molecule has 0 aliphatic rings. The van der Waals surface area contributed by atoms with Crippen LogP contribution in [0.25, 0.3) is 0 Å². The highest BCUT2D eigenvalue weighted by molar-refractivity contribution is 7.92. The summed E-state index contributed by atoms with van der Waals surface area (Å²) in [5, 5.41) is 2.80. The van der Waals surface area contributed by atoms with E-state index in [1.807, 2.05) is 0 Å². The minimum Gasteiger partial charge on any atom is -0.325 e. The van der Waals surface area contributed by atoms with Gasteiger partial charge in [0.25, 0.3) is 10.0 Å². The normalized spacial score (nSPS) is 12.2. The first-order valence-electron chi connectivity index (χ1n) is 10.4. The molecule has 8 nitrogen and oxygen atoms in total. The summed E-state index contributed by atoms with van der Waals surface area (Å²) in [6.45, 7) is 1.16. The lowest BCUT2D eigenvalue weighted by Gasteiger charge is -2.22. The molecule has 0 fully saturated rings. The van der Waals surface area contributed by atoms with E-state index in [2.05, 4.69) is 10.0 Å². The zero-order valence-corrected chi connectivity index (χ0v) is 21.8. The molecule has 0 saturated carbocycles. The monoisotopic (exact) mass is 575 g/mol. The molecule has 0 saturated heterocycles. The third-order valence-corrected chi connectivity index (χ3v) is 7.97. The van der Waals surface area contributed by atoms with Crippen LogP contribution in [-0.2, 0) is 31.0 Å². The lowest BCUT2D eigenvalue weighted by atomic mass is 10.2. The van der Waals surface area contributed by atoms with Crippen LogP contribution in [0.15, 0.2) is 71.6 Å². The second kappa shape index (κ2) is 10.6. The number of rotatable bonds is 8. The van der Waals surface area contributed by atoms with Gasteiger partial charge in [-0.1, -0.05) is 23.7 Å². The average Bonchev–Trinajstić information content (AvgIpc) is 2.78. The van der Waals surface area contributed by atoms with Crippen LogP contribution in [0.4, 0.5) is 30.2 Å². The SMILES string of the molecule is Cc1ccc(N(CC(=O)Nc2ccc(S(=O)(=O)Nc3cccc(C(F)(F)F)c3)cc2)S(C)(=O)=O)cc1Cl. The summed E-state index contributed by atoms with van der Waals surface area (Å²) in [6.07, 6.45) is -3.70. The molecular formula is C23H21ClF3N3O5S2. The van der Waals surface area contributed by atoms with E-state index in [0.717, 1.165) is 40.4 Å². The largest absolute Gasteiger partial charge is 0.416 e. The lowest BCUT2D eigenvalue weighted by Crippen LogP contribution is -2.37. The average molecular weight is 576 g/mol. The lowest BCUT2D eigenvalue weighted by molar-refractivity contribution is -0.137. The number of nitrogens with one attached hydrogen (secondary N) is 2. The number of halogens is 4. The van der Waals surface area contributed by atoms with E-state index in [9.17, 15) is 34.8 Å². The van der Waals surface area contributed by atoms with Crippen LogP contribution in [-0.4, -0.2) is 35.5 Å². The topological polar surface area (TPSA) is 113 Å². The Kier molecular flexibility index (Phi) is 8.10. The molecule has 0 unspecified atom stereocenters. The zero-order chi connectivity index (χ0) is 27.6. The standard InChI is InChI=1S/C23H21ClF3N3O5S2/c1-15-6-9-19(13-21(15)24)30(36(2,32)33)14-22(31)28-17-7-10-20(11-8-17)37(34,35)29-18-5-3-4-16(12-18)23(25,26)27/h3-13,29H,14H2,1-2H3,(H,28,31). The van der Waals surface area contributed by atoms with Crippen molar-refractivity contribution in [3.8, 4) is 0 Å². The predicted molar refractivity (Wildman–Crippen MR) is 136 cm³/mol. The molecule has 37 heavy (non-hydrogen) atoms. The van der Waals surface area contributed by atoms with Gasteiger partial charge in [-0.3, -0.25) is 13.8 Å². The summed E-state index contributed by atoms with van der Waals surface area (Å²) in [6, 6.07) is 13.1. The molecule has 3 aromatic carbocycles. The molecule has 2 N–H and O–H groups in total. The Balaban J connectivity index is 1.73. The molecular weight excluding hydrogens is 555 g/mol. The first-order valence-corrected chi connectivity index (χ1v) is 14.1. The van der Waals surface area contributed by atoms with Gasteiger partial charge in [0, 0.05) is 16.4 Å². The highest BCUT2D eigenvalue weighted by Crippen LogP contribution is 2.31. The van der Waals surface area contributed by atoms with Crippen LogP contribution in [0, 0.1) is 6.92 Å². The van der Waals surface area contributed by atoms with Crippen LogP contribution >= 0.6 is 11.6 Å². The molecule has 14 heteroatoms. The number of alkyl halides is 3. The third-order valence-electron chi connectivity index (χ3n) is 5.02. The van der Waals surface area contributed by atoms with Crippen LogP contribution in [0.1, 0.15) is 11.1 Å². The van der Waals surface area contributed by atoms with Gasteiger partial charge in [-0.25, -0.2) is 16.8 Å². The summed E-state index contributed by atoms with van der Waals surface area (Å²) in [5.74, 6) is -0.708. The molecule has 0 aliphatic heterocycles. The van der Waals surface area contributed by atoms with Gasteiger partial charge in [0.1, 0.15) is 6.54 Å². The summed E-state index contributed by atoms with van der Waals surface area (Å²) in [5.41, 5.74) is -0.208. The second-order valence-electron chi connectivity index (χ2n) is 7.96. The Morgan fingerprint density at radius 3 is 2.16 bits per heavy atom. The van der Waals surface area contributed by atoms with Gasteiger partial charge in [-0.2, -0.15) is 13.2 Å². The number of anilines is 3. The van der Waals surface area contributed by atoms with Crippen LogP contribution < -0.4 is 14.3 Å². The minimum absolute atomic E-state index is 0.165. The van der Waals surface area contributed by atoms with Gasteiger partial charge in [0.2, 0.25) is 15.9 Å². The Morgan fingerprint density at radius 2 is 1.59 bits per heavy atom. The smallest absolute Gasteiger partial charge is 0.325 e. The molecule has 0 radical (unpaired) electrons. The first kappa shape index (κ1) is 28.3. The summed E-state index contributed by atoms with van der Waals surface area (Å²) >= 11 is 6.08. The van der Waals surface area contributed by atoms with Gasteiger partial charge in [-0.15, -0.1) is 0 Å². The number of sulfonamides is 2. The number of amides is 1. The maximum absolute atomic E-state index is 12.9. The van der Waals surface area contributed by atoms with E-state index in [4.69, 9.17) is 11.6 Å². The van der Waals surface area contributed by atoms with Crippen molar-refractivity contribution in [2.24, 2.45) is 0 Å².